The molecule has 1 atom stereocenters. The molecule has 0 saturated carbocycles. The Morgan fingerprint density at radius 1 is 1.62 bits per heavy atom. The summed E-state index contributed by atoms with van der Waals surface area (Å²) >= 11 is 3.36. The fraction of sp³-hybridized carbons (Fsp3) is 0.500. The maximum atomic E-state index is 8.85. The van der Waals surface area contributed by atoms with Gasteiger partial charge in [-0.25, -0.2) is 0 Å². The normalized spacial score (nSPS) is 20.5. The maximum absolute atomic E-state index is 8.85. The summed E-state index contributed by atoms with van der Waals surface area (Å²) in [6, 6.07) is 5.39. The predicted octanol–water partition coefficient (Wildman–Crippen LogP) is 1.64. The van der Waals surface area contributed by atoms with Crippen molar-refractivity contribution in [3.05, 3.63) is 28.2 Å². The molecule has 1 aromatic carbocycles. The van der Waals surface area contributed by atoms with E-state index in [1.54, 1.807) is 12.1 Å². The third-order valence-electron chi connectivity index (χ3n) is 3.42. The van der Waals surface area contributed by atoms with Gasteiger partial charge in [-0.3, -0.25) is 4.90 Å². The Labute approximate surface area is 132 Å². The lowest BCUT2D eigenvalue weighted by molar-refractivity contribution is -0.0464. The van der Waals surface area contributed by atoms with Crippen molar-refractivity contribution in [3.8, 4) is 5.75 Å². The molecule has 1 fully saturated rings. The second-order valence-corrected chi connectivity index (χ2v) is 5.74. The van der Waals surface area contributed by atoms with Crippen LogP contribution >= 0.6 is 15.9 Å². The molecule has 1 saturated heterocycles. The number of rotatable bonds is 5. The van der Waals surface area contributed by atoms with Crippen LogP contribution in [0.25, 0.3) is 0 Å². The maximum Gasteiger partial charge on any atom is 0.173 e. The van der Waals surface area contributed by atoms with E-state index in [1.807, 2.05) is 6.07 Å². The fourth-order valence-electron chi connectivity index (χ4n) is 2.23. The number of nitrogens with two attached hydrogens (primary N) is 1. The first-order chi connectivity index (χ1) is 10.1. The minimum absolute atomic E-state index is 0.0195. The Kier molecular flexibility index (Phi) is 5.84. The smallest absolute Gasteiger partial charge is 0.173 e. The Balaban J connectivity index is 2.03. The number of amidine groups is 1. The van der Waals surface area contributed by atoms with E-state index in [0.29, 0.717) is 17.9 Å². The standard InChI is InChI=1S/C14H20BrN3O3/c1-2-18-5-6-20-11(8-18)9-21-13-4-3-10(15)7-12(13)14(16)17-19/h3-4,7,11,19H,2,5-6,8-9H2,1H3,(H2,16,17). The van der Waals surface area contributed by atoms with Crippen molar-refractivity contribution >= 4 is 21.8 Å². The zero-order valence-electron chi connectivity index (χ0n) is 12.0. The van der Waals surface area contributed by atoms with Crippen molar-refractivity contribution in [2.24, 2.45) is 10.9 Å². The number of morpholine rings is 1. The van der Waals surface area contributed by atoms with Crippen LogP contribution in [0.3, 0.4) is 0 Å². The third kappa shape index (κ3) is 4.33. The van der Waals surface area contributed by atoms with Crippen LogP contribution in [0.15, 0.2) is 27.8 Å². The van der Waals surface area contributed by atoms with Crippen LogP contribution in [-0.4, -0.2) is 54.9 Å². The Hall–Kier alpha value is -1.31. The summed E-state index contributed by atoms with van der Waals surface area (Å²) < 4.78 is 12.3. The van der Waals surface area contributed by atoms with E-state index < -0.39 is 0 Å². The highest BCUT2D eigenvalue weighted by molar-refractivity contribution is 9.10. The summed E-state index contributed by atoms with van der Waals surface area (Å²) in [6.45, 7) is 6.10. The summed E-state index contributed by atoms with van der Waals surface area (Å²) in [6.07, 6.45) is 0.0301. The first-order valence-corrected chi connectivity index (χ1v) is 7.67. The molecule has 21 heavy (non-hydrogen) atoms. The van der Waals surface area contributed by atoms with Gasteiger partial charge in [0, 0.05) is 17.6 Å². The van der Waals surface area contributed by atoms with Crippen LogP contribution in [-0.2, 0) is 4.74 Å². The van der Waals surface area contributed by atoms with Gasteiger partial charge in [-0.15, -0.1) is 0 Å². The Morgan fingerprint density at radius 3 is 3.14 bits per heavy atom. The molecule has 1 aliphatic rings. The van der Waals surface area contributed by atoms with Gasteiger partial charge in [-0.1, -0.05) is 28.0 Å². The number of likely N-dealkylation sites (N-methyl/N-ethyl adjacent to an activating group) is 1. The van der Waals surface area contributed by atoms with Crippen molar-refractivity contribution < 1.29 is 14.7 Å². The van der Waals surface area contributed by atoms with Crippen LogP contribution in [0.4, 0.5) is 0 Å². The average Bonchev–Trinajstić information content (AvgIpc) is 2.53. The fourth-order valence-corrected chi connectivity index (χ4v) is 2.59. The molecule has 1 aromatic rings. The Bertz CT molecular complexity index is 510. The summed E-state index contributed by atoms with van der Waals surface area (Å²) in [5, 5.41) is 11.9. The lowest BCUT2D eigenvalue weighted by Crippen LogP contribution is -2.44. The lowest BCUT2D eigenvalue weighted by Gasteiger charge is -2.32. The molecule has 0 aliphatic carbocycles. The van der Waals surface area contributed by atoms with Gasteiger partial charge >= 0.3 is 0 Å². The van der Waals surface area contributed by atoms with E-state index in [2.05, 4.69) is 32.9 Å². The lowest BCUT2D eigenvalue weighted by atomic mass is 10.2. The summed E-state index contributed by atoms with van der Waals surface area (Å²) in [5.41, 5.74) is 6.23. The molecular weight excluding hydrogens is 338 g/mol. The molecule has 0 aromatic heterocycles. The van der Waals surface area contributed by atoms with Crippen LogP contribution in [0.1, 0.15) is 12.5 Å². The van der Waals surface area contributed by atoms with Crippen molar-refractivity contribution in [2.45, 2.75) is 13.0 Å². The number of halogens is 1. The van der Waals surface area contributed by atoms with Crippen LogP contribution in [0.2, 0.25) is 0 Å². The Morgan fingerprint density at radius 2 is 2.43 bits per heavy atom. The molecule has 1 aliphatic heterocycles. The minimum atomic E-state index is 0.0195. The molecule has 2 rings (SSSR count). The van der Waals surface area contributed by atoms with Crippen molar-refractivity contribution in [3.63, 3.8) is 0 Å². The number of benzene rings is 1. The molecule has 0 amide bonds. The van der Waals surface area contributed by atoms with Gasteiger partial charge in [0.05, 0.1) is 12.2 Å². The van der Waals surface area contributed by atoms with Gasteiger partial charge in [-0.2, -0.15) is 0 Å². The molecule has 0 spiro atoms. The highest BCUT2D eigenvalue weighted by Crippen LogP contribution is 2.23. The molecule has 6 nitrogen and oxygen atoms in total. The molecule has 0 radical (unpaired) electrons. The predicted molar refractivity (Wildman–Crippen MR) is 84.0 cm³/mol. The van der Waals surface area contributed by atoms with E-state index >= 15 is 0 Å². The average molecular weight is 358 g/mol. The van der Waals surface area contributed by atoms with E-state index in [-0.39, 0.29) is 11.9 Å². The minimum Gasteiger partial charge on any atom is -0.490 e. The van der Waals surface area contributed by atoms with Gasteiger partial charge in [0.25, 0.3) is 0 Å². The number of ether oxygens (including phenoxy) is 2. The number of hydrogen-bond donors (Lipinski definition) is 2. The van der Waals surface area contributed by atoms with E-state index in [0.717, 1.165) is 30.7 Å². The number of hydrogen-bond acceptors (Lipinski definition) is 5. The van der Waals surface area contributed by atoms with Crippen molar-refractivity contribution in [1.82, 2.24) is 4.90 Å². The largest absolute Gasteiger partial charge is 0.490 e. The zero-order valence-corrected chi connectivity index (χ0v) is 13.5. The molecule has 0 bridgehead atoms. The third-order valence-corrected chi connectivity index (χ3v) is 3.91. The van der Waals surface area contributed by atoms with E-state index in [9.17, 15) is 0 Å². The second-order valence-electron chi connectivity index (χ2n) is 4.82. The number of oxime groups is 1. The summed E-state index contributed by atoms with van der Waals surface area (Å²) in [5.74, 6) is 0.594. The first-order valence-electron chi connectivity index (χ1n) is 6.88. The molecule has 3 N–H and O–H groups in total. The van der Waals surface area contributed by atoms with Crippen LogP contribution in [0.5, 0.6) is 5.75 Å². The molecule has 1 unspecified atom stereocenters. The highest BCUT2D eigenvalue weighted by Gasteiger charge is 2.20. The molecular formula is C14H20BrN3O3. The van der Waals surface area contributed by atoms with Gasteiger partial charge in [0.2, 0.25) is 0 Å². The monoisotopic (exact) mass is 357 g/mol. The zero-order chi connectivity index (χ0) is 15.2. The number of nitrogens with zero attached hydrogens (tertiary/aromatic N) is 2. The quantitative estimate of drug-likeness (QED) is 0.362. The summed E-state index contributed by atoms with van der Waals surface area (Å²) in [7, 11) is 0. The molecule has 7 heteroatoms. The first kappa shape index (κ1) is 16.1. The van der Waals surface area contributed by atoms with Crippen LogP contribution in [0, 0.1) is 0 Å². The van der Waals surface area contributed by atoms with Gasteiger partial charge in [0.1, 0.15) is 18.5 Å². The molecule has 116 valence electrons. The second kappa shape index (κ2) is 7.63. The van der Waals surface area contributed by atoms with Gasteiger partial charge < -0.3 is 20.4 Å². The van der Waals surface area contributed by atoms with Gasteiger partial charge in [-0.05, 0) is 24.7 Å². The molecule has 1 heterocycles. The van der Waals surface area contributed by atoms with Crippen molar-refractivity contribution in [1.29, 1.82) is 0 Å². The SMILES string of the molecule is CCN1CCOC(COc2ccc(Br)cc2/C(N)=N/O)C1. The van der Waals surface area contributed by atoms with Gasteiger partial charge in [0.15, 0.2) is 5.84 Å². The van der Waals surface area contributed by atoms with Crippen molar-refractivity contribution in [2.75, 3.05) is 32.8 Å². The van der Waals surface area contributed by atoms with E-state index in [1.165, 1.54) is 0 Å². The summed E-state index contributed by atoms with van der Waals surface area (Å²) in [4.78, 5) is 2.32. The van der Waals surface area contributed by atoms with E-state index in [4.69, 9.17) is 20.4 Å². The van der Waals surface area contributed by atoms with Crippen LogP contribution < -0.4 is 10.5 Å². The topological polar surface area (TPSA) is 80.3 Å². The highest BCUT2D eigenvalue weighted by atomic mass is 79.9.